The normalized spacial score (nSPS) is 18.2. The van der Waals surface area contributed by atoms with Gasteiger partial charge in [0.25, 0.3) is 0 Å². The number of aliphatic hydroxyl groups excluding tert-OH is 1. The lowest BCUT2D eigenvalue weighted by atomic mass is 9.95. The van der Waals surface area contributed by atoms with Crippen LogP contribution in [-0.2, 0) is 11.2 Å². The number of hydrogen-bond donors (Lipinski definition) is 3. The standard InChI is InChI=1S/C21H34N2O3/c1-21(2,3)23-20(25)26-19(14-16-10-6-4-7-11-16)18(24)15-22-17-12-8-5-9-13-17/h4,6-7,10-11,17-19,22,24H,5,8-9,12-15H2,1-3H3,(H,23,25)/t18-,19+/m1/s1. The van der Waals surface area contributed by atoms with Gasteiger partial charge >= 0.3 is 6.09 Å². The summed E-state index contributed by atoms with van der Waals surface area (Å²) in [6.45, 7) is 6.15. The maximum absolute atomic E-state index is 12.2. The van der Waals surface area contributed by atoms with Crippen molar-refractivity contribution >= 4 is 6.09 Å². The number of hydrogen-bond acceptors (Lipinski definition) is 4. The minimum atomic E-state index is -0.747. The van der Waals surface area contributed by atoms with E-state index in [1.807, 2.05) is 51.1 Å². The SMILES string of the molecule is CC(C)(C)NC(=O)O[C@@H](Cc1ccccc1)[C@H](O)CNC1CCCCC1. The number of rotatable bonds is 7. The molecule has 0 spiro atoms. The molecule has 1 aromatic carbocycles. The largest absolute Gasteiger partial charge is 0.443 e. The van der Waals surface area contributed by atoms with Crippen LogP contribution in [0.1, 0.15) is 58.4 Å². The van der Waals surface area contributed by atoms with E-state index in [4.69, 9.17) is 4.74 Å². The molecule has 0 unspecified atom stereocenters. The van der Waals surface area contributed by atoms with Crippen molar-refractivity contribution in [3.8, 4) is 0 Å². The van der Waals surface area contributed by atoms with Gasteiger partial charge in [0.15, 0.2) is 0 Å². The fourth-order valence-corrected chi connectivity index (χ4v) is 3.30. The molecule has 1 fully saturated rings. The van der Waals surface area contributed by atoms with Crippen LogP contribution < -0.4 is 10.6 Å². The Bertz CT molecular complexity index is 536. The van der Waals surface area contributed by atoms with Gasteiger partial charge in [-0.1, -0.05) is 49.6 Å². The highest BCUT2D eigenvalue weighted by Crippen LogP contribution is 2.18. The predicted octanol–water partition coefficient (Wildman–Crippen LogP) is 3.41. The number of amides is 1. The highest BCUT2D eigenvalue weighted by molar-refractivity contribution is 5.68. The van der Waals surface area contributed by atoms with Gasteiger partial charge < -0.3 is 20.5 Å². The molecule has 0 bridgehead atoms. The summed E-state index contributed by atoms with van der Waals surface area (Å²) < 4.78 is 5.59. The minimum Gasteiger partial charge on any atom is -0.443 e. The maximum Gasteiger partial charge on any atom is 0.407 e. The van der Waals surface area contributed by atoms with Gasteiger partial charge in [-0.2, -0.15) is 0 Å². The second kappa shape index (κ2) is 9.93. The summed E-state index contributed by atoms with van der Waals surface area (Å²) in [5.74, 6) is 0. The first-order valence-electron chi connectivity index (χ1n) is 9.77. The Morgan fingerprint density at radius 3 is 2.46 bits per heavy atom. The van der Waals surface area contributed by atoms with Crippen molar-refractivity contribution in [1.82, 2.24) is 10.6 Å². The van der Waals surface area contributed by atoms with E-state index >= 15 is 0 Å². The molecule has 5 heteroatoms. The van der Waals surface area contributed by atoms with Crippen LogP contribution in [0.4, 0.5) is 4.79 Å². The Labute approximate surface area is 157 Å². The quantitative estimate of drug-likeness (QED) is 0.695. The third-order valence-electron chi connectivity index (χ3n) is 4.67. The average Bonchev–Trinajstić information content (AvgIpc) is 2.59. The van der Waals surface area contributed by atoms with Crippen LogP contribution in [0.3, 0.4) is 0 Å². The van der Waals surface area contributed by atoms with E-state index in [-0.39, 0.29) is 5.54 Å². The Morgan fingerprint density at radius 1 is 1.19 bits per heavy atom. The lowest BCUT2D eigenvalue weighted by Crippen LogP contribution is -2.47. The number of carbonyl (C=O) groups excluding carboxylic acids is 1. The summed E-state index contributed by atoms with van der Waals surface area (Å²) in [4.78, 5) is 12.2. The average molecular weight is 363 g/mol. The van der Waals surface area contributed by atoms with Crippen molar-refractivity contribution in [2.24, 2.45) is 0 Å². The lowest BCUT2D eigenvalue weighted by molar-refractivity contribution is -0.0000211. The Kier molecular flexibility index (Phi) is 7.91. The first-order chi connectivity index (χ1) is 12.3. The first-order valence-corrected chi connectivity index (χ1v) is 9.77. The molecule has 2 rings (SSSR count). The molecule has 1 aromatic rings. The number of ether oxygens (including phenoxy) is 1. The van der Waals surface area contributed by atoms with Gasteiger partial charge in [-0.25, -0.2) is 4.79 Å². The molecular weight excluding hydrogens is 328 g/mol. The van der Waals surface area contributed by atoms with Crippen LogP contribution in [0.25, 0.3) is 0 Å². The molecule has 0 aromatic heterocycles. The Hall–Kier alpha value is -1.59. The van der Waals surface area contributed by atoms with Crippen molar-refractivity contribution in [2.75, 3.05) is 6.54 Å². The Morgan fingerprint density at radius 2 is 1.85 bits per heavy atom. The maximum atomic E-state index is 12.2. The van der Waals surface area contributed by atoms with Crippen LogP contribution in [0.2, 0.25) is 0 Å². The van der Waals surface area contributed by atoms with E-state index in [1.54, 1.807) is 0 Å². The monoisotopic (exact) mass is 362 g/mol. The fourth-order valence-electron chi connectivity index (χ4n) is 3.30. The number of alkyl carbamates (subject to hydrolysis) is 1. The van der Waals surface area contributed by atoms with Gasteiger partial charge in [0.05, 0.1) is 0 Å². The van der Waals surface area contributed by atoms with Gasteiger partial charge in [0.1, 0.15) is 12.2 Å². The number of aliphatic hydroxyl groups is 1. The summed E-state index contributed by atoms with van der Waals surface area (Å²) in [6, 6.07) is 10.3. The molecule has 1 aliphatic carbocycles. The van der Waals surface area contributed by atoms with E-state index in [1.165, 1.54) is 19.3 Å². The van der Waals surface area contributed by atoms with Gasteiger partial charge in [0, 0.05) is 24.5 Å². The number of carbonyl (C=O) groups is 1. The zero-order valence-corrected chi connectivity index (χ0v) is 16.3. The summed E-state index contributed by atoms with van der Waals surface area (Å²) >= 11 is 0. The zero-order valence-electron chi connectivity index (χ0n) is 16.3. The molecule has 3 N–H and O–H groups in total. The van der Waals surface area contributed by atoms with Gasteiger partial charge in [0.2, 0.25) is 0 Å². The number of benzene rings is 1. The third-order valence-corrected chi connectivity index (χ3v) is 4.67. The summed E-state index contributed by atoms with van der Waals surface area (Å²) in [7, 11) is 0. The highest BCUT2D eigenvalue weighted by atomic mass is 16.6. The Balaban J connectivity index is 1.95. The second-order valence-electron chi connectivity index (χ2n) is 8.32. The molecule has 26 heavy (non-hydrogen) atoms. The summed E-state index contributed by atoms with van der Waals surface area (Å²) in [6.07, 6.45) is 4.76. The lowest BCUT2D eigenvalue weighted by Gasteiger charge is -2.29. The van der Waals surface area contributed by atoms with E-state index in [2.05, 4.69) is 10.6 Å². The van der Waals surface area contributed by atoms with E-state index in [9.17, 15) is 9.90 Å². The van der Waals surface area contributed by atoms with Gasteiger partial charge in [-0.15, -0.1) is 0 Å². The van der Waals surface area contributed by atoms with Crippen molar-refractivity contribution in [2.45, 2.75) is 83.1 Å². The second-order valence-corrected chi connectivity index (χ2v) is 8.32. The molecule has 1 amide bonds. The van der Waals surface area contributed by atoms with Gasteiger partial charge in [-0.05, 0) is 39.2 Å². The van der Waals surface area contributed by atoms with Crippen LogP contribution in [0.15, 0.2) is 30.3 Å². The van der Waals surface area contributed by atoms with Crippen molar-refractivity contribution in [1.29, 1.82) is 0 Å². The first kappa shape index (κ1) is 20.7. The van der Waals surface area contributed by atoms with Crippen LogP contribution in [0.5, 0.6) is 0 Å². The van der Waals surface area contributed by atoms with Crippen molar-refractivity contribution < 1.29 is 14.6 Å². The summed E-state index contributed by atoms with van der Waals surface area (Å²) in [5.41, 5.74) is 0.664. The van der Waals surface area contributed by atoms with E-state index < -0.39 is 18.3 Å². The van der Waals surface area contributed by atoms with Crippen LogP contribution >= 0.6 is 0 Å². The van der Waals surface area contributed by atoms with Crippen LogP contribution in [-0.4, -0.2) is 41.5 Å². The van der Waals surface area contributed by atoms with Crippen molar-refractivity contribution in [3.63, 3.8) is 0 Å². The zero-order chi connectivity index (χ0) is 19.0. The molecule has 5 nitrogen and oxygen atoms in total. The van der Waals surface area contributed by atoms with E-state index in [0.29, 0.717) is 19.0 Å². The molecule has 2 atom stereocenters. The molecule has 0 heterocycles. The highest BCUT2D eigenvalue weighted by Gasteiger charge is 2.26. The van der Waals surface area contributed by atoms with Crippen LogP contribution in [0, 0.1) is 0 Å². The molecule has 0 radical (unpaired) electrons. The van der Waals surface area contributed by atoms with Gasteiger partial charge in [-0.3, -0.25) is 0 Å². The summed E-state index contributed by atoms with van der Waals surface area (Å²) in [5, 5.41) is 16.9. The number of nitrogens with one attached hydrogen (secondary N) is 2. The minimum absolute atomic E-state index is 0.375. The molecule has 146 valence electrons. The molecule has 0 aliphatic heterocycles. The van der Waals surface area contributed by atoms with Crippen molar-refractivity contribution in [3.05, 3.63) is 35.9 Å². The molecule has 0 saturated heterocycles. The fraction of sp³-hybridized carbons (Fsp3) is 0.667. The molecule has 1 saturated carbocycles. The molecular formula is C21H34N2O3. The third kappa shape index (κ3) is 7.75. The topological polar surface area (TPSA) is 70.6 Å². The van der Waals surface area contributed by atoms with E-state index in [0.717, 1.165) is 18.4 Å². The molecule has 1 aliphatic rings. The smallest absolute Gasteiger partial charge is 0.407 e. The predicted molar refractivity (Wildman–Crippen MR) is 104 cm³/mol.